The number of benzene rings is 1. The van der Waals surface area contributed by atoms with Crippen molar-refractivity contribution in [1.29, 1.82) is 0 Å². The summed E-state index contributed by atoms with van der Waals surface area (Å²) in [5.41, 5.74) is 1.16. The summed E-state index contributed by atoms with van der Waals surface area (Å²) in [6, 6.07) is 10.4. The Hall–Kier alpha value is -0.770. The van der Waals surface area contributed by atoms with E-state index in [9.17, 15) is 0 Å². The molecule has 2 rings (SSSR count). The smallest absolute Gasteiger partial charge is 0.163 e. The zero-order valence-electron chi connectivity index (χ0n) is 11.9. The first kappa shape index (κ1) is 14.6. The molecular formula is C16H22O2S. The Morgan fingerprint density at radius 1 is 1.42 bits per heavy atom. The summed E-state index contributed by atoms with van der Waals surface area (Å²) in [7, 11) is 0. The molecule has 0 unspecified atom stereocenters. The number of hydrogen-bond donors (Lipinski definition) is 0. The summed E-state index contributed by atoms with van der Waals surface area (Å²) in [6.45, 7) is 10.8. The monoisotopic (exact) mass is 278 g/mol. The number of rotatable bonds is 5. The molecule has 104 valence electrons. The third-order valence-corrected chi connectivity index (χ3v) is 4.42. The first-order valence-electron chi connectivity index (χ1n) is 6.63. The van der Waals surface area contributed by atoms with Crippen molar-refractivity contribution < 1.29 is 9.47 Å². The van der Waals surface area contributed by atoms with Gasteiger partial charge in [0.25, 0.3) is 0 Å². The molecule has 0 N–H and O–H groups in total. The van der Waals surface area contributed by atoms with Crippen LogP contribution in [-0.4, -0.2) is 24.3 Å². The van der Waals surface area contributed by atoms with Crippen LogP contribution in [0.5, 0.6) is 0 Å². The van der Waals surface area contributed by atoms with E-state index >= 15 is 0 Å². The standard InChI is InChI=1S/C16H22O2S/c1-12(2)14(15-10-17-16(3,4)18-15)11-19-13-8-6-5-7-9-13/h5-9,14-15H,1,10-11H2,2-4H3/t14-,15+/m1/s1. The molecule has 1 aliphatic rings. The largest absolute Gasteiger partial charge is 0.348 e. The minimum absolute atomic E-state index is 0.115. The van der Waals surface area contributed by atoms with Gasteiger partial charge in [0.05, 0.1) is 12.7 Å². The van der Waals surface area contributed by atoms with E-state index in [0.29, 0.717) is 12.5 Å². The van der Waals surface area contributed by atoms with Crippen LogP contribution >= 0.6 is 11.8 Å². The van der Waals surface area contributed by atoms with E-state index < -0.39 is 5.79 Å². The van der Waals surface area contributed by atoms with E-state index in [4.69, 9.17) is 9.47 Å². The van der Waals surface area contributed by atoms with E-state index in [0.717, 1.165) is 11.3 Å². The lowest BCUT2D eigenvalue weighted by Gasteiger charge is -2.24. The summed E-state index contributed by atoms with van der Waals surface area (Å²) in [4.78, 5) is 1.28. The molecule has 0 radical (unpaired) electrons. The van der Waals surface area contributed by atoms with Crippen LogP contribution in [0.3, 0.4) is 0 Å². The zero-order valence-corrected chi connectivity index (χ0v) is 12.7. The quantitative estimate of drug-likeness (QED) is 0.596. The first-order chi connectivity index (χ1) is 8.98. The van der Waals surface area contributed by atoms with Gasteiger partial charge >= 0.3 is 0 Å². The highest BCUT2D eigenvalue weighted by Crippen LogP contribution is 2.33. The molecule has 19 heavy (non-hydrogen) atoms. The highest BCUT2D eigenvalue weighted by Gasteiger charge is 2.37. The van der Waals surface area contributed by atoms with Gasteiger partial charge in [-0.15, -0.1) is 11.8 Å². The first-order valence-corrected chi connectivity index (χ1v) is 7.61. The van der Waals surface area contributed by atoms with Crippen molar-refractivity contribution in [3.05, 3.63) is 42.5 Å². The van der Waals surface area contributed by atoms with Gasteiger partial charge in [-0.2, -0.15) is 0 Å². The van der Waals surface area contributed by atoms with Gasteiger partial charge in [0.15, 0.2) is 5.79 Å². The molecule has 1 saturated heterocycles. The molecule has 0 saturated carbocycles. The van der Waals surface area contributed by atoms with Crippen molar-refractivity contribution in [2.45, 2.75) is 37.6 Å². The van der Waals surface area contributed by atoms with E-state index in [1.54, 1.807) is 0 Å². The second kappa shape index (κ2) is 6.12. The Bertz CT molecular complexity index is 428. The summed E-state index contributed by atoms with van der Waals surface area (Å²) < 4.78 is 11.6. The SMILES string of the molecule is C=C(C)[C@@H](CSc1ccccc1)[C@@H]1COC(C)(C)O1. The summed E-state index contributed by atoms with van der Waals surface area (Å²) >= 11 is 1.85. The zero-order chi connectivity index (χ0) is 13.9. The summed E-state index contributed by atoms with van der Waals surface area (Å²) in [6.07, 6.45) is 0.115. The van der Waals surface area contributed by atoms with Gasteiger partial charge in [-0.25, -0.2) is 0 Å². The molecule has 0 aromatic heterocycles. The van der Waals surface area contributed by atoms with Crippen LogP contribution in [0.25, 0.3) is 0 Å². The fraction of sp³-hybridized carbons (Fsp3) is 0.500. The highest BCUT2D eigenvalue weighted by atomic mass is 32.2. The molecule has 0 amide bonds. The normalized spacial score (nSPS) is 23.2. The lowest BCUT2D eigenvalue weighted by atomic mass is 9.98. The molecule has 1 heterocycles. The van der Waals surface area contributed by atoms with E-state index in [-0.39, 0.29) is 6.10 Å². The van der Waals surface area contributed by atoms with Gasteiger partial charge in [-0.3, -0.25) is 0 Å². The van der Waals surface area contributed by atoms with Gasteiger partial charge < -0.3 is 9.47 Å². The maximum absolute atomic E-state index is 5.96. The minimum Gasteiger partial charge on any atom is -0.348 e. The van der Waals surface area contributed by atoms with Crippen LogP contribution in [0.1, 0.15) is 20.8 Å². The molecule has 0 spiro atoms. The third-order valence-electron chi connectivity index (χ3n) is 3.28. The van der Waals surface area contributed by atoms with Crippen LogP contribution in [-0.2, 0) is 9.47 Å². The fourth-order valence-corrected chi connectivity index (χ4v) is 3.40. The Morgan fingerprint density at radius 3 is 2.63 bits per heavy atom. The number of thioether (sulfide) groups is 1. The molecule has 1 aromatic carbocycles. The molecule has 1 fully saturated rings. The summed E-state index contributed by atoms with van der Waals surface area (Å²) in [5.74, 6) is 0.839. The van der Waals surface area contributed by atoms with Crippen LogP contribution in [0.15, 0.2) is 47.4 Å². The average molecular weight is 278 g/mol. The lowest BCUT2D eigenvalue weighted by molar-refractivity contribution is -0.141. The molecular weight excluding hydrogens is 256 g/mol. The third kappa shape index (κ3) is 4.10. The second-order valence-corrected chi connectivity index (χ2v) is 6.54. The molecule has 3 heteroatoms. The lowest BCUT2D eigenvalue weighted by Crippen LogP contribution is -2.28. The number of ether oxygens (including phenoxy) is 2. The van der Waals surface area contributed by atoms with Crippen LogP contribution in [0.4, 0.5) is 0 Å². The average Bonchev–Trinajstić information content (AvgIpc) is 2.71. The van der Waals surface area contributed by atoms with Gasteiger partial charge in [0.1, 0.15) is 0 Å². The highest BCUT2D eigenvalue weighted by molar-refractivity contribution is 7.99. The van der Waals surface area contributed by atoms with Crippen LogP contribution in [0.2, 0.25) is 0 Å². The Morgan fingerprint density at radius 2 is 2.11 bits per heavy atom. The molecule has 0 bridgehead atoms. The second-order valence-electron chi connectivity index (χ2n) is 5.44. The Balaban J connectivity index is 1.96. The van der Waals surface area contributed by atoms with Gasteiger partial charge in [-0.1, -0.05) is 30.4 Å². The minimum atomic E-state index is -0.463. The van der Waals surface area contributed by atoms with Crippen molar-refractivity contribution in [1.82, 2.24) is 0 Å². The van der Waals surface area contributed by atoms with E-state index in [2.05, 4.69) is 37.8 Å². The topological polar surface area (TPSA) is 18.5 Å². The van der Waals surface area contributed by atoms with Crippen molar-refractivity contribution in [3.8, 4) is 0 Å². The van der Waals surface area contributed by atoms with Crippen molar-refractivity contribution >= 4 is 11.8 Å². The molecule has 2 atom stereocenters. The fourth-order valence-electron chi connectivity index (χ4n) is 2.18. The predicted octanol–water partition coefficient (Wildman–Crippen LogP) is 4.12. The van der Waals surface area contributed by atoms with Crippen molar-refractivity contribution in [2.24, 2.45) is 5.92 Å². The maximum Gasteiger partial charge on any atom is 0.163 e. The van der Waals surface area contributed by atoms with Gasteiger partial charge in [-0.05, 0) is 32.9 Å². The van der Waals surface area contributed by atoms with Gasteiger partial charge in [0, 0.05) is 16.6 Å². The van der Waals surface area contributed by atoms with E-state index in [1.165, 1.54) is 4.90 Å². The van der Waals surface area contributed by atoms with E-state index in [1.807, 2.05) is 31.7 Å². The Kier molecular flexibility index (Phi) is 4.71. The Labute approximate surface area is 120 Å². The molecule has 0 aliphatic carbocycles. The number of hydrogen-bond acceptors (Lipinski definition) is 3. The van der Waals surface area contributed by atoms with Crippen molar-refractivity contribution in [2.75, 3.05) is 12.4 Å². The van der Waals surface area contributed by atoms with Crippen molar-refractivity contribution in [3.63, 3.8) is 0 Å². The molecule has 1 aliphatic heterocycles. The van der Waals surface area contributed by atoms with Crippen LogP contribution in [0, 0.1) is 5.92 Å². The maximum atomic E-state index is 5.96. The van der Waals surface area contributed by atoms with Crippen LogP contribution < -0.4 is 0 Å². The predicted molar refractivity (Wildman–Crippen MR) is 80.4 cm³/mol. The van der Waals surface area contributed by atoms with Gasteiger partial charge in [0.2, 0.25) is 0 Å². The molecule has 1 aromatic rings. The molecule has 2 nitrogen and oxygen atoms in total. The summed E-state index contributed by atoms with van der Waals surface area (Å²) in [5, 5.41) is 0.